The zero-order valence-electron chi connectivity index (χ0n) is 9.66. The molecule has 0 unspecified atom stereocenters. The van der Waals surface area contributed by atoms with Crippen LogP contribution in [0.3, 0.4) is 0 Å². The number of anilines is 1. The van der Waals surface area contributed by atoms with Crippen LogP contribution in [-0.4, -0.2) is 31.0 Å². The molecule has 0 fully saturated rings. The van der Waals surface area contributed by atoms with Crippen LogP contribution in [0.25, 0.3) is 5.57 Å². The standard InChI is InChI=1S/C12H14N4O/c1-13-16-7-8-5-11(17)15-6-10(8)9-3-2-4-14-12(9)16/h2-4,13H,5-7H2,1H3,(H,15,17). The Kier molecular flexibility index (Phi) is 2.33. The Labute approximate surface area is 99.5 Å². The van der Waals surface area contributed by atoms with Crippen molar-refractivity contribution in [3.63, 3.8) is 0 Å². The molecule has 0 spiro atoms. The summed E-state index contributed by atoms with van der Waals surface area (Å²) >= 11 is 0. The Bertz CT molecular complexity index is 509. The Morgan fingerprint density at radius 3 is 3.24 bits per heavy atom. The molecule has 0 aromatic carbocycles. The molecule has 0 atom stereocenters. The highest BCUT2D eigenvalue weighted by molar-refractivity contribution is 5.91. The van der Waals surface area contributed by atoms with Gasteiger partial charge in [-0.15, -0.1) is 0 Å². The van der Waals surface area contributed by atoms with Gasteiger partial charge in [0.1, 0.15) is 0 Å². The number of fused-ring (bicyclic) bond motifs is 2. The molecule has 88 valence electrons. The van der Waals surface area contributed by atoms with Gasteiger partial charge in [-0.25, -0.2) is 10.4 Å². The topological polar surface area (TPSA) is 57.3 Å². The summed E-state index contributed by atoms with van der Waals surface area (Å²) in [5.74, 6) is 1.04. The van der Waals surface area contributed by atoms with Gasteiger partial charge in [-0.2, -0.15) is 0 Å². The molecule has 0 saturated carbocycles. The van der Waals surface area contributed by atoms with E-state index in [0.717, 1.165) is 17.9 Å². The highest BCUT2D eigenvalue weighted by Gasteiger charge is 2.28. The lowest BCUT2D eigenvalue weighted by Crippen LogP contribution is -2.44. The summed E-state index contributed by atoms with van der Waals surface area (Å²) in [5.41, 5.74) is 6.63. The molecule has 0 aliphatic carbocycles. The van der Waals surface area contributed by atoms with Crippen LogP contribution in [0.15, 0.2) is 23.9 Å². The third-order valence-corrected chi connectivity index (χ3v) is 3.25. The van der Waals surface area contributed by atoms with Crippen LogP contribution in [0.2, 0.25) is 0 Å². The number of nitrogens with one attached hydrogen (secondary N) is 2. The highest BCUT2D eigenvalue weighted by Crippen LogP contribution is 2.34. The third-order valence-electron chi connectivity index (χ3n) is 3.25. The molecule has 1 aromatic heterocycles. The molecule has 5 nitrogen and oxygen atoms in total. The number of aromatic nitrogens is 1. The van der Waals surface area contributed by atoms with Gasteiger partial charge in [0.25, 0.3) is 0 Å². The number of nitrogens with zero attached hydrogens (tertiary/aromatic N) is 2. The van der Waals surface area contributed by atoms with E-state index < -0.39 is 0 Å². The van der Waals surface area contributed by atoms with Crippen molar-refractivity contribution in [3.05, 3.63) is 29.5 Å². The van der Waals surface area contributed by atoms with Gasteiger partial charge >= 0.3 is 0 Å². The molecule has 1 amide bonds. The van der Waals surface area contributed by atoms with Gasteiger partial charge in [0.15, 0.2) is 5.82 Å². The lowest BCUT2D eigenvalue weighted by molar-refractivity contribution is -0.120. The van der Waals surface area contributed by atoms with E-state index >= 15 is 0 Å². The van der Waals surface area contributed by atoms with Gasteiger partial charge in [0, 0.05) is 25.4 Å². The Hall–Kier alpha value is -1.88. The minimum atomic E-state index is 0.104. The predicted octanol–water partition coefficient (Wildman–Crippen LogP) is 0.309. The summed E-state index contributed by atoms with van der Waals surface area (Å²) in [5, 5.41) is 4.87. The van der Waals surface area contributed by atoms with Crippen molar-refractivity contribution in [1.29, 1.82) is 0 Å². The molecule has 3 rings (SSSR count). The van der Waals surface area contributed by atoms with Crippen LogP contribution in [-0.2, 0) is 4.79 Å². The highest BCUT2D eigenvalue weighted by atomic mass is 16.1. The Morgan fingerprint density at radius 2 is 2.41 bits per heavy atom. The maximum Gasteiger partial charge on any atom is 0.224 e. The summed E-state index contributed by atoms with van der Waals surface area (Å²) in [4.78, 5) is 15.8. The number of hydrazine groups is 1. The van der Waals surface area contributed by atoms with E-state index in [0.29, 0.717) is 13.0 Å². The van der Waals surface area contributed by atoms with Crippen LogP contribution in [0, 0.1) is 0 Å². The van der Waals surface area contributed by atoms with Crippen LogP contribution >= 0.6 is 0 Å². The van der Waals surface area contributed by atoms with Crippen molar-refractivity contribution in [2.75, 3.05) is 25.1 Å². The lowest BCUT2D eigenvalue weighted by Gasteiger charge is -2.34. The van der Waals surface area contributed by atoms with Gasteiger partial charge in [0.2, 0.25) is 5.91 Å². The first-order chi connectivity index (χ1) is 8.29. The fraction of sp³-hybridized carbons (Fsp3) is 0.333. The number of carbonyl (C=O) groups excluding carboxylic acids is 1. The minimum absolute atomic E-state index is 0.104. The van der Waals surface area contributed by atoms with Gasteiger partial charge in [-0.05, 0) is 23.3 Å². The largest absolute Gasteiger partial charge is 0.352 e. The Balaban J connectivity index is 2.12. The first-order valence-corrected chi connectivity index (χ1v) is 5.67. The summed E-state index contributed by atoms with van der Waals surface area (Å²) in [6.45, 7) is 1.34. The van der Waals surface area contributed by atoms with Gasteiger partial charge in [-0.1, -0.05) is 0 Å². The molecular weight excluding hydrogens is 216 g/mol. The molecule has 0 radical (unpaired) electrons. The zero-order chi connectivity index (χ0) is 11.8. The second-order valence-electron chi connectivity index (χ2n) is 4.22. The van der Waals surface area contributed by atoms with Gasteiger partial charge in [-0.3, -0.25) is 9.80 Å². The molecule has 0 bridgehead atoms. The van der Waals surface area contributed by atoms with E-state index in [9.17, 15) is 4.79 Å². The number of hydrogen-bond donors (Lipinski definition) is 2. The first-order valence-electron chi connectivity index (χ1n) is 5.67. The van der Waals surface area contributed by atoms with E-state index in [2.05, 4.69) is 21.8 Å². The van der Waals surface area contributed by atoms with Crippen LogP contribution < -0.4 is 15.8 Å². The van der Waals surface area contributed by atoms with Crippen molar-refractivity contribution in [2.45, 2.75) is 6.42 Å². The monoisotopic (exact) mass is 230 g/mol. The molecule has 2 N–H and O–H groups in total. The smallest absolute Gasteiger partial charge is 0.224 e. The van der Waals surface area contributed by atoms with Crippen molar-refractivity contribution in [1.82, 2.24) is 15.7 Å². The maximum atomic E-state index is 11.4. The summed E-state index contributed by atoms with van der Waals surface area (Å²) in [7, 11) is 1.87. The van der Waals surface area contributed by atoms with E-state index in [1.165, 1.54) is 11.1 Å². The first kappa shape index (κ1) is 10.3. The maximum absolute atomic E-state index is 11.4. The molecule has 1 aromatic rings. The van der Waals surface area contributed by atoms with E-state index in [1.807, 2.05) is 18.1 Å². The quantitative estimate of drug-likeness (QED) is 0.729. The molecule has 3 heterocycles. The molecule has 2 aliphatic heterocycles. The van der Waals surface area contributed by atoms with Gasteiger partial charge in [0.05, 0.1) is 13.0 Å². The summed E-state index contributed by atoms with van der Waals surface area (Å²) in [6.07, 6.45) is 2.28. The normalized spacial score (nSPS) is 18.6. The zero-order valence-corrected chi connectivity index (χ0v) is 9.66. The predicted molar refractivity (Wildman–Crippen MR) is 65.2 cm³/mol. The average molecular weight is 230 g/mol. The van der Waals surface area contributed by atoms with Gasteiger partial charge < -0.3 is 5.32 Å². The molecular formula is C12H14N4O. The average Bonchev–Trinajstić information content (AvgIpc) is 2.37. The SMILES string of the molecule is CNN1CC2=C(CNC(=O)C2)c2cccnc21. The minimum Gasteiger partial charge on any atom is -0.352 e. The Morgan fingerprint density at radius 1 is 1.53 bits per heavy atom. The number of carbonyl (C=O) groups is 1. The molecule has 2 aliphatic rings. The summed E-state index contributed by atoms with van der Waals surface area (Å²) < 4.78 is 0. The summed E-state index contributed by atoms with van der Waals surface area (Å²) in [6, 6.07) is 3.98. The molecule has 0 saturated heterocycles. The number of pyridine rings is 1. The van der Waals surface area contributed by atoms with Crippen LogP contribution in [0.4, 0.5) is 5.82 Å². The van der Waals surface area contributed by atoms with Crippen LogP contribution in [0.1, 0.15) is 12.0 Å². The number of hydrogen-bond acceptors (Lipinski definition) is 4. The molecule has 5 heteroatoms. The second-order valence-corrected chi connectivity index (χ2v) is 4.22. The van der Waals surface area contributed by atoms with Crippen LogP contribution in [0.5, 0.6) is 0 Å². The molecule has 17 heavy (non-hydrogen) atoms. The van der Waals surface area contributed by atoms with Crippen molar-refractivity contribution >= 4 is 17.3 Å². The van der Waals surface area contributed by atoms with E-state index in [-0.39, 0.29) is 5.91 Å². The van der Waals surface area contributed by atoms with Crippen molar-refractivity contribution < 1.29 is 4.79 Å². The van der Waals surface area contributed by atoms with E-state index in [4.69, 9.17) is 0 Å². The fourth-order valence-corrected chi connectivity index (χ4v) is 2.41. The lowest BCUT2D eigenvalue weighted by atomic mass is 9.92. The fourth-order valence-electron chi connectivity index (χ4n) is 2.41. The van der Waals surface area contributed by atoms with E-state index in [1.54, 1.807) is 6.20 Å². The number of rotatable bonds is 1. The van der Waals surface area contributed by atoms with Crippen molar-refractivity contribution in [3.8, 4) is 0 Å². The van der Waals surface area contributed by atoms with Crippen molar-refractivity contribution in [2.24, 2.45) is 0 Å². The number of amides is 1. The second kappa shape index (κ2) is 3.85. The third kappa shape index (κ3) is 1.59.